The van der Waals surface area contributed by atoms with Crippen LogP contribution in [0.3, 0.4) is 0 Å². The van der Waals surface area contributed by atoms with Crippen LogP contribution < -0.4 is 19.7 Å². The first kappa shape index (κ1) is 14.1. The molecule has 1 aliphatic heterocycles. The van der Waals surface area contributed by atoms with E-state index >= 15 is 0 Å². The third-order valence-corrected chi connectivity index (χ3v) is 5.90. The van der Waals surface area contributed by atoms with E-state index in [-0.39, 0.29) is 21.3 Å². The van der Waals surface area contributed by atoms with Crippen molar-refractivity contribution in [1.82, 2.24) is 14.9 Å². The first-order valence-electron chi connectivity index (χ1n) is 6.41. The molecule has 0 atom stereocenters. The molecule has 0 amide bonds. The monoisotopic (exact) mass is 394 g/mol. The van der Waals surface area contributed by atoms with Gasteiger partial charge in [0.05, 0.1) is 0 Å². The Morgan fingerprint density at radius 1 is 1.40 bits per heavy atom. The molecule has 103 valence electrons. The third-order valence-electron chi connectivity index (χ3n) is 3.34. The summed E-state index contributed by atoms with van der Waals surface area (Å²) in [7, 11) is 1.76. The van der Waals surface area contributed by atoms with Crippen molar-refractivity contribution in [3.05, 3.63) is 50.5 Å². The summed E-state index contributed by atoms with van der Waals surface area (Å²) in [6, 6.07) is 6.56. The molecule has 0 saturated carbocycles. The molecule has 0 aliphatic carbocycles. The summed E-state index contributed by atoms with van der Waals surface area (Å²) < 4.78 is 4.22. The van der Waals surface area contributed by atoms with Crippen LogP contribution in [-0.2, 0) is 20.0 Å². The van der Waals surface area contributed by atoms with E-state index in [4.69, 9.17) is 0 Å². The number of hydrogen-bond acceptors (Lipinski definition) is 3. The Morgan fingerprint density at radius 2 is 2.25 bits per heavy atom. The number of halogens is 1. The normalized spacial score (nSPS) is 14.7. The van der Waals surface area contributed by atoms with Gasteiger partial charge in [0.1, 0.15) is 0 Å². The van der Waals surface area contributed by atoms with E-state index in [2.05, 4.69) is 44.4 Å². The summed E-state index contributed by atoms with van der Waals surface area (Å²) in [5.74, 6) is 0. The number of nitrogens with zero attached hydrogens (tertiary/aromatic N) is 2. The summed E-state index contributed by atoms with van der Waals surface area (Å²) >= 11 is 2.98. The number of aromatic nitrogens is 2. The molecule has 2 aromatic rings. The van der Waals surface area contributed by atoms with Crippen LogP contribution >= 0.6 is 15.9 Å². The number of fused-ring (bicyclic) bond motifs is 1. The molecule has 0 fully saturated rings. The summed E-state index contributed by atoms with van der Waals surface area (Å²) in [6.07, 6.45) is 2.76. The molecule has 1 radical (unpaired) electrons. The summed E-state index contributed by atoms with van der Waals surface area (Å²) in [5.41, 5.74) is 2.78. The zero-order valence-electron chi connectivity index (χ0n) is 11.1. The van der Waals surface area contributed by atoms with Crippen LogP contribution in [0.4, 0.5) is 0 Å². The number of nitrogens with one attached hydrogen (secondary N) is 1. The van der Waals surface area contributed by atoms with Crippen molar-refractivity contribution in [2.45, 2.75) is 13.0 Å². The first-order chi connectivity index (χ1) is 9.63. The van der Waals surface area contributed by atoms with E-state index in [1.165, 1.54) is 15.5 Å². The van der Waals surface area contributed by atoms with Crippen LogP contribution in [0.15, 0.2) is 33.8 Å². The standard InChI is InChI=1S/C14H14AsBrN3O/c1-19-8-12(16)18-13(14(19)20)15-11-3-2-10-7-17-5-4-9(10)6-11/h2-3,6,8,17H,4-5,7H2,1H3. The van der Waals surface area contributed by atoms with E-state index in [1.807, 2.05) is 0 Å². The zero-order chi connectivity index (χ0) is 14.1. The van der Waals surface area contributed by atoms with Crippen molar-refractivity contribution < 1.29 is 0 Å². The van der Waals surface area contributed by atoms with Gasteiger partial charge in [-0.1, -0.05) is 0 Å². The molecule has 2 heterocycles. The van der Waals surface area contributed by atoms with Crippen molar-refractivity contribution in [1.29, 1.82) is 0 Å². The summed E-state index contributed by atoms with van der Waals surface area (Å²) in [6.45, 7) is 1.98. The fourth-order valence-electron chi connectivity index (χ4n) is 2.28. The molecule has 0 spiro atoms. The van der Waals surface area contributed by atoms with Gasteiger partial charge in [-0.25, -0.2) is 0 Å². The van der Waals surface area contributed by atoms with E-state index in [0.29, 0.717) is 9.08 Å². The average molecular weight is 395 g/mol. The van der Waals surface area contributed by atoms with Gasteiger partial charge < -0.3 is 0 Å². The molecule has 0 unspecified atom stereocenters. The molecule has 4 nitrogen and oxygen atoms in total. The van der Waals surface area contributed by atoms with Crippen LogP contribution in [0.5, 0.6) is 0 Å². The van der Waals surface area contributed by atoms with Gasteiger partial charge in [0, 0.05) is 0 Å². The summed E-state index contributed by atoms with van der Waals surface area (Å²) in [4.78, 5) is 16.5. The van der Waals surface area contributed by atoms with Crippen molar-refractivity contribution in [3.63, 3.8) is 0 Å². The van der Waals surface area contributed by atoms with Gasteiger partial charge in [0.25, 0.3) is 0 Å². The minimum atomic E-state index is -0.374. The van der Waals surface area contributed by atoms with Gasteiger partial charge in [-0.3, -0.25) is 0 Å². The Morgan fingerprint density at radius 3 is 3.10 bits per heavy atom. The molecule has 0 saturated heterocycles. The second-order valence-corrected chi connectivity index (χ2v) is 8.05. The predicted octanol–water partition coefficient (Wildman–Crippen LogP) is -0.157. The van der Waals surface area contributed by atoms with Gasteiger partial charge in [-0.2, -0.15) is 0 Å². The fraction of sp³-hybridized carbons (Fsp3) is 0.286. The Kier molecular flexibility index (Phi) is 4.10. The van der Waals surface area contributed by atoms with E-state index in [0.717, 1.165) is 19.5 Å². The van der Waals surface area contributed by atoms with Crippen molar-refractivity contribution in [2.24, 2.45) is 7.05 Å². The molecule has 3 rings (SSSR count). The maximum absolute atomic E-state index is 12.1. The minimum absolute atomic E-state index is 0.00703. The molecule has 0 bridgehead atoms. The summed E-state index contributed by atoms with van der Waals surface area (Å²) in [5, 5.41) is 3.37. The molecular formula is C14H14AsBrN3O. The van der Waals surface area contributed by atoms with Crippen molar-refractivity contribution >= 4 is 40.5 Å². The molecule has 20 heavy (non-hydrogen) atoms. The van der Waals surface area contributed by atoms with Crippen LogP contribution in [0.2, 0.25) is 0 Å². The average Bonchev–Trinajstić information content (AvgIpc) is 2.44. The molecule has 1 aromatic carbocycles. The molecular weight excluding hydrogens is 381 g/mol. The second-order valence-electron chi connectivity index (χ2n) is 4.79. The predicted molar refractivity (Wildman–Crippen MR) is 84.1 cm³/mol. The van der Waals surface area contributed by atoms with Crippen LogP contribution in [0.25, 0.3) is 0 Å². The number of aryl methyl sites for hydroxylation is 1. The molecule has 1 N–H and O–H groups in total. The molecule has 1 aromatic heterocycles. The first-order valence-corrected chi connectivity index (χ1v) is 9.08. The van der Waals surface area contributed by atoms with E-state index < -0.39 is 0 Å². The Bertz CT molecular complexity index is 714. The van der Waals surface area contributed by atoms with Gasteiger partial charge >= 0.3 is 132 Å². The van der Waals surface area contributed by atoms with Crippen LogP contribution in [-0.4, -0.2) is 31.8 Å². The topological polar surface area (TPSA) is 46.9 Å². The molecule has 1 aliphatic rings. The second kappa shape index (κ2) is 5.84. The van der Waals surface area contributed by atoms with Crippen molar-refractivity contribution in [2.75, 3.05) is 6.54 Å². The van der Waals surface area contributed by atoms with Crippen LogP contribution in [0, 0.1) is 0 Å². The number of hydrogen-bond donors (Lipinski definition) is 1. The number of benzene rings is 1. The van der Waals surface area contributed by atoms with E-state index in [9.17, 15) is 4.79 Å². The maximum atomic E-state index is 12.1. The SMILES string of the molecule is Cn1cc(Br)nc([As]c2ccc3c(c2)CCNC3)c1=O. The van der Waals surface area contributed by atoms with Gasteiger partial charge in [-0.15, -0.1) is 0 Å². The number of rotatable bonds is 2. The van der Waals surface area contributed by atoms with Crippen molar-refractivity contribution in [3.8, 4) is 0 Å². The van der Waals surface area contributed by atoms with Gasteiger partial charge in [0.15, 0.2) is 0 Å². The van der Waals surface area contributed by atoms with E-state index in [1.54, 1.807) is 17.8 Å². The van der Waals surface area contributed by atoms with Crippen LogP contribution in [0.1, 0.15) is 11.1 Å². The third kappa shape index (κ3) is 2.90. The fourth-order valence-corrected chi connectivity index (χ4v) is 5.22. The Labute approximate surface area is 132 Å². The van der Waals surface area contributed by atoms with Gasteiger partial charge in [-0.05, 0) is 0 Å². The molecule has 6 heteroatoms. The van der Waals surface area contributed by atoms with Gasteiger partial charge in [0.2, 0.25) is 0 Å². The Hall–Kier alpha value is -0.902. The Balaban J connectivity index is 1.94. The quantitative estimate of drug-likeness (QED) is 0.720. The zero-order valence-corrected chi connectivity index (χ0v) is 14.5.